The summed E-state index contributed by atoms with van der Waals surface area (Å²) >= 11 is 5.64. The number of ketones is 1. The Bertz CT molecular complexity index is 624. The Hall–Kier alpha value is -2.01. The molecule has 0 aliphatic carbocycles. The maximum Gasteiger partial charge on any atom is 0.455 e. The fourth-order valence-electron chi connectivity index (χ4n) is 1.54. The highest BCUT2D eigenvalue weighted by molar-refractivity contribution is 6.31. The van der Waals surface area contributed by atoms with Crippen LogP contribution in [0.4, 0.5) is 13.2 Å². The van der Waals surface area contributed by atoms with E-state index in [1.807, 2.05) is 0 Å². The number of ether oxygens (including phenoxy) is 1. The zero-order valence-corrected chi connectivity index (χ0v) is 10.7. The molecule has 0 atom stereocenters. The second-order valence-electron chi connectivity index (χ2n) is 3.88. The van der Waals surface area contributed by atoms with Crippen molar-refractivity contribution in [3.8, 4) is 11.5 Å². The van der Waals surface area contributed by atoms with E-state index in [1.165, 1.54) is 12.1 Å². The Kier molecular flexibility index (Phi) is 3.99. The predicted molar refractivity (Wildman–Crippen MR) is 68.4 cm³/mol. The van der Waals surface area contributed by atoms with Gasteiger partial charge in [-0.15, -0.1) is 0 Å². The van der Waals surface area contributed by atoms with Crippen LogP contribution in [0, 0.1) is 0 Å². The molecule has 2 aromatic carbocycles. The summed E-state index contributed by atoms with van der Waals surface area (Å²) in [6.45, 7) is 0. The molecule has 0 radical (unpaired) electrons. The summed E-state index contributed by atoms with van der Waals surface area (Å²) in [5.74, 6) is -1.86. The summed E-state index contributed by atoms with van der Waals surface area (Å²) in [5.41, 5.74) is -0.617. The molecule has 20 heavy (non-hydrogen) atoms. The first-order chi connectivity index (χ1) is 9.38. The van der Waals surface area contributed by atoms with Gasteiger partial charge >= 0.3 is 6.18 Å². The molecule has 0 heterocycles. The third kappa shape index (κ3) is 3.30. The largest absolute Gasteiger partial charge is 0.457 e. The van der Waals surface area contributed by atoms with Crippen LogP contribution in [0.25, 0.3) is 0 Å². The first kappa shape index (κ1) is 14.4. The van der Waals surface area contributed by atoms with E-state index in [0.29, 0.717) is 5.75 Å². The molecule has 2 aromatic rings. The number of carbonyl (C=O) groups excluding carboxylic acids is 1. The van der Waals surface area contributed by atoms with Gasteiger partial charge in [0.25, 0.3) is 5.78 Å². The quantitative estimate of drug-likeness (QED) is 0.755. The number of halogens is 4. The summed E-state index contributed by atoms with van der Waals surface area (Å²) in [7, 11) is 0. The summed E-state index contributed by atoms with van der Waals surface area (Å²) < 4.78 is 42.9. The Balaban J connectivity index is 2.41. The third-order valence-corrected chi connectivity index (χ3v) is 2.65. The number of Topliss-reactive ketones (excluding diaryl/α,β-unsaturated/α-hetero) is 1. The van der Waals surface area contributed by atoms with Crippen molar-refractivity contribution >= 4 is 17.4 Å². The number of hydrogen-bond donors (Lipinski definition) is 0. The van der Waals surface area contributed by atoms with E-state index in [1.54, 1.807) is 30.3 Å². The van der Waals surface area contributed by atoms with Crippen molar-refractivity contribution in [3.05, 3.63) is 59.1 Å². The van der Waals surface area contributed by atoms with E-state index >= 15 is 0 Å². The van der Waals surface area contributed by atoms with E-state index < -0.39 is 17.5 Å². The molecule has 2 rings (SSSR count). The molecule has 0 aromatic heterocycles. The minimum absolute atomic E-state index is 0.0259. The average Bonchev–Trinajstić information content (AvgIpc) is 2.40. The van der Waals surface area contributed by atoms with Gasteiger partial charge in [0.15, 0.2) is 0 Å². The third-order valence-electron chi connectivity index (χ3n) is 2.41. The maximum atomic E-state index is 12.5. The van der Waals surface area contributed by atoms with Crippen LogP contribution >= 0.6 is 11.6 Å². The predicted octanol–water partition coefficient (Wildman–Crippen LogP) is 4.88. The lowest BCUT2D eigenvalue weighted by atomic mass is 10.1. The zero-order valence-electron chi connectivity index (χ0n) is 9.95. The lowest BCUT2D eigenvalue weighted by Crippen LogP contribution is -2.23. The molecule has 0 unspecified atom stereocenters. The van der Waals surface area contributed by atoms with Crippen LogP contribution in [0.2, 0.25) is 5.02 Å². The van der Waals surface area contributed by atoms with Crippen LogP contribution in [0.15, 0.2) is 48.5 Å². The van der Waals surface area contributed by atoms with Gasteiger partial charge < -0.3 is 4.74 Å². The maximum absolute atomic E-state index is 12.5. The minimum Gasteiger partial charge on any atom is -0.457 e. The number of carbonyl (C=O) groups is 1. The molecule has 0 amide bonds. The van der Waals surface area contributed by atoms with E-state index in [9.17, 15) is 18.0 Å². The molecular formula is C14H8ClF3O2. The van der Waals surface area contributed by atoms with Crippen molar-refractivity contribution in [1.82, 2.24) is 0 Å². The van der Waals surface area contributed by atoms with Crippen LogP contribution < -0.4 is 4.74 Å². The zero-order chi connectivity index (χ0) is 14.8. The molecule has 6 heteroatoms. The Morgan fingerprint density at radius 3 is 2.30 bits per heavy atom. The van der Waals surface area contributed by atoms with Crippen molar-refractivity contribution in [2.24, 2.45) is 0 Å². The number of para-hydroxylation sites is 1. The topological polar surface area (TPSA) is 26.3 Å². The second-order valence-corrected chi connectivity index (χ2v) is 4.32. The number of benzene rings is 2. The van der Waals surface area contributed by atoms with Gasteiger partial charge in [0, 0.05) is 5.02 Å². The highest BCUT2D eigenvalue weighted by Gasteiger charge is 2.41. The highest BCUT2D eigenvalue weighted by atomic mass is 35.5. The van der Waals surface area contributed by atoms with Crippen LogP contribution in [0.3, 0.4) is 0 Å². The number of alkyl halides is 3. The van der Waals surface area contributed by atoms with Crippen molar-refractivity contribution < 1.29 is 22.7 Å². The molecule has 0 aliphatic rings. The van der Waals surface area contributed by atoms with Crippen molar-refractivity contribution in [2.45, 2.75) is 6.18 Å². The van der Waals surface area contributed by atoms with Gasteiger partial charge in [0.05, 0.1) is 5.56 Å². The SMILES string of the molecule is O=C(c1cc(Cl)ccc1Oc1ccccc1)C(F)(F)F. The summed E-state index contributed by atoms with van der Waals surface area (Å²) in [6.07, 6.45) is -4.99. The number of hydrogen-bond acceptors (Lipinski definition) is 2. The second kappa shape index (κ2) is 5.54. The van der Waals surface area contributed by atoms with Gasteiger partial charge in [-0.05, 0) is 30.3 Å². The number of rotatable bonds is 3. The van der Waals surface area contributed by atoms with Gasteiger partial charge in [-0.3, -0.25) is 4.79 Å². The summed E-state index contributed by atoms with van der Waals surface area (Å²) in [6, 6.07) is 11.7. The van der Waals surface area contributed by atoms with Crippen molar-refractivity contribution in [2.75, 3.05) is 0 Å². The average molecular weight is 301 g/mol. The van der Waals surface area contributed by atoms with Gasteiger partial charge in [-0.1, -0.05) is 29.8 Å². The molecule has 0 spiro atoms. The fraction of sp³-hybridized carbons (Fsp3) is 0.0714. The molecule has 0 saturated carbocycles. The smallest absolute Gasteiger partial charge is 0.455 e. The Morgan fingerprint density at radius 2 is 1.70 bits per heavy atom. The van der Waals surface area contributed by atoms with E-state index in [4.69, 9.17) is 16.3 Å². The normalized spacial score (nSPS) is 11.2. The molecule has 104 valence electrons. The van der Waals surface area contributed by atoms with E-state index in [2.05, 4.69) is 0 Å². The Labute approximate surface area is 117 Å². The molecule has 2 nitrogen and oxygen atoms in total. The van der Waals surface area contributed by atoms with Crippen molar-refractivity contribution in [3.63, 3.8) is 0 Å². The fourth-order valence-corrected chi connectivity index (χ4v) is 1.71. The molecule has 0 bridgehead atoms. The Morgan fingerprint density at radius 1 is 1.05 bits per heavy atom. The summed E-state index contributed by atoms with van der Waals surface area (Å²) in [4.78, 5) is 11.4. The van der Waals surface area contributed by atoms with Crippen LogP contribution in [-0.4, -0.2) is 12.0 Å². The van der Waals surface area contributed by atoms with Crippen molar-refractivity contribution in [1.29, 1.82) is 0 Å². The van der Waals surface area contributed by atoms with Gasteiger partial charge in [0.2, 0.25) is 0 Å². The molecule has 0 fully saturated rings. The highest BCUT2D eigenvalue weighted by Crippen LogP contribution is 2.32. The molecule has 0 saturated heterocycles. The van der Waals surface area contributed by atoms with E-state index in [-0.39, 0.29) is 10.8 Å². The monoisotopic (exact) mass is 300 g/mol. The van der Waals surface area contributed by atoms with Gasteiger partial charge in [0.1, 0.15) is 11.5 Å². The van der Waals surface area contributed by atoms with Gasteiger partial charge in [-0.2, -0.15) is 13.2 Å². The lowest BCUT2D eigenvalue weighted by Gasteiger charge is -2.12. The first-order valence-electron chi connectivity index (χ1n) is 5.52. The van der Waals surface area contributed by atoms with Crippen LogP contribution in [-0.2, 0) is 0 Å². The standard InChI is InChI=1S/C14H8ClF3O2/c15-9-6-7-12(20-10-4-2-1-3-5-10)11(8-9)13(19)14(16,17)18/h1-8H. The van der Waals surface area contributed by atoms with Gasteiger partial charge in [-0.25, -0.2) is 0 Å². The minimum atomic E-state index is -4.99. The van der Waals surface area contributed by atoms with Crippen LogP contribution in [0.5, 0.6) is 11.5 Å². The molecular weight excluding hydrogens is 293 g/mol. The van der Waals surface area contributed by atoms with E-state index in [0.717, 1.165) is 6.07 Å². The molecule has 0 N–H and O–H groups in total. The lowest BCUT2D eigenvalue weighted by molar-refractivity contribution is -0.0886. The first-order valence-corrected chi connectivity index (χ1v) is 5.89. The summed E-state index contributed by atoms with van der Waals surface area (Å²) in [5, 5.41) is 0.0259. The van der Waals surface area contributed by atoms with Crippen LogP contribution in [0.1, 0.15) is 10.4 Å². The molecule has 0 aliphatic heterocycles.